The number of carbonyl (C=O) groups is 2. The SMILES string of the molecule is Cc1cccc(C(=O)Nc2ccc(-c3ccc(C(=O)O)o3)c(C)c2)c1. The van der Waals surface area contributed by atoms with Crippen LogP contribution in [0.25, 0.3) is 11.3 Å². The summed E-state index contributed by atoms with van der Waals surface area (Å²) in [6.07, 6.45) is 0. The third kappa shape index (κ3) is 3.61. The number of anilines is 1. The van der Waals surface area contributed by atoms with Gasteiger partial charge >= 0.3 is 5.97 Å². The first-order chi connectivity index (χ1) is 11.9. The maximum atomic E-state index is 12.3. The van der Waals surface area contributed by atoms with Gasteiger partial charge in [0, 0.05) is 16.8 Å². The van der Waals surface area contributed by atoms with Gasteiger partial charge in [-0.2, -0.15) is 0 Å². The highest BCUT2D eigenvalue weighted by Crippen LogP contribution is 2.28. The van der Waals surface area contributed by atoms with Gasteiger partial charge in [0.25, 0.3) is 5.91 Å². The molecule has 0 fully saturated rings. The fourth-order valence-electron chi connectivity index (χ4n) is 2.61. The summed E-state index contributed by atoms with van der Waals surface area (Å²) in [5.41, 5.74) is 3.93. The van der Waals surface area contributed by atoms with Gasteiger partial charge in [0.15, 0.2) is 0 Å². The van der Waals surface area contributed by atoms with E-state index in [4.69, 9.17) is 9.52 Å². The number of amides is 1. The van der Waals surface area contributed by atoms with E-state index in [1.165, 1.54) is 6.07 Å². The molecular weight excluding hydrogens is 318 g/mol. The van der Waals surface area contributed by atoms with Crippen LogP contribution in [-0.4, -0.2) is 17.0 Å². The van der Waals surface area contributed by atoms with Gasteiger partial charge in [-0.25, -0.2) is 4.79 Å². The van der Waals surface area contributed by atoms with Gasteiger partial charge in [-0.1, -0.05) is 17.7 Å². The summed E-state index contributed by atoms with van der Waals surface area (Å²) in [7, 11) is 0. The Bertz CT molecular complexity index is 956. The van der Waals surface area contributed by atoms with Gasteiger partial charge in [-0.3, -0.25) is 4.79 Å². The van der Waals surface area contributed by atoms with E-state index in [0.29, 0.717) is 17.0 Å². The van der Waals surface area contributed by atoms with E-state index < -0.39 is 5.97 Å². The Kier molecular flexibility index (Phi) is 4.39. The van der Waals surface area contributed by atoms with Crippen LogP contribution in [0.2, 0.25) is 0 Å². The summed E-state index contributed by atoms with van der Waals surface area (Å²) in [6, 6.07) is 15.8. The molecule has 25 heavy (non-hydrogen) atoms. The Labute approximate surface area is 144 Å². The Balaban J connectivity index is 1.82. The second kappa shape index (κ2) is 6.65. The number of nitrogens with one attached hydrogen (secondary N) is 1. The predicted octanol–water partition coefficient (Wildman–Crippen LogP) is 4.51. The first-order valence-electron chi connectivity index (χ1n) is 7.76. The topological polar surface area (TPSA) is 79.5 Å². The molecule has 0 aliphatic rings. The van der Waals surface area contributed by atoms with E-state index in [9.17, 15) is 9.59 Å². The maximum Gasteiger partial charge on any atom is 0.371 e. The van der Waals surface area contributed by atoms with Crippen LogP contribution in [0.3, 0.4) is 0 Å². The van der Waals surface area contributed by atoms with Crippen molar-refractivity contribution >= 4 is 17.6 Å². The molecule has 1 aromatic heterocycles. The fraction of sp³-hybridized carbons (Fsp3) is 0.100. The summed E-state index contributed by atoms with van der Waals surface area (Å²) < 4.78 is 5.33. The van der Waals surface area contributed by atoms with Crippen molar-refractivity contribution in [3.63, 3.8) is 0 Å². The number of carbonyl (C=O) groups excluding carboxylic acids is 1. The maximum absolute atomic E-state index is 12.3. The molecule has 5 nitrogen and oxygen atoms in total. The largest absolute Gasteiger partial charge is 0.475 e. The van der Waals surface area contributed by atoms with Gasteiger partial charge in [-0.15, -0.1) is 0 Å². The van der Waals surface area contributed by atoms with Crippen LogP contribution in [0.4, 0.5) is 5.69 Å². The minimum atomic E-state index is -1.11. The first kappa shape index (κ1) is 16.5. The van der Waals surface area contributed by atoms with Gasteiger partial charge in [0.1, 0.15) is 5.76 Å². The lowest BCUT2D eigenvalue weighted by atomic mass is 10.1. The number of aromatic carboxylic acids is 1. The third-order valence-electron chi connectivity index (χ3n) is 3.85. The van der Waals surface area contributed by atoms with E-state index >= 15 is 0 Å². The number of carboxylic acids is 1. The van der Waals surface area contributed by atoms with E-state index in [2.05, 4.69) is 5.32 Å². The van der Waals surface area contributed by atoms with Crippen LogP contribution in [0.15, 0.2) is 59.0 Å². The predicted molar refractivity (Wildman–Crippen MR) is 95.0 cm³/mol. The van der Waals surface area contributed by atoms with Crippen molar-refractivity contribution in [1.82, 2.24) is 0 Å². The molecule has 0 saturated heterocycles. The average Bonchev–Trinajstić information content (AvgIpc) is 3.05. The number of hydrogen-bond donors (Lipinski definition) is 2. The zero-order chi connectivity index (χ0) is 18.0. The van der Waals surface area contributed by atoms with Crippen LogP contribution in [0.5, 0.6) is 0 Å². The summed E-state index contributed by atoms with van der Waals surface area (Å²) >= 11 is 0. The van der Waals surface area contributed by atoms with Crippen molar-refractivity contribution in [1.29, 1.82) is 0 Å². The van der Waals surface area contributed by atoms with Crippen LogP contribution in [0.1, 0.15) is 32.0 Å². The lowest BCUT2D eigenvalue weighted by Gasteiger charge is -2.09. The van der Waals surface area contributed by atoms with Gasteiger partial charge in [0.2, 0.25) is 5.76 Å². The van der Waals surface area contributed by atoms with Crippen LogP contribution < -0.4 is 5.32 Å². The minimum Gasteiger partial charge on any atom is -0.475 e. The highest BCUT2D eigenvalue weighted by atomic mass is 16.4. The zero-order valence-corrected chi connectivity index (χ0v) is 13.9. The van der Waals surface area contributed by atoms with Crippen molar-refractivity contribution < 1.29 is 19.1 Å². The highest BCUT2D eigenvalue weighted by Gasteiger charge is 2.13. The lowest BCUT2D eigenvalue weighted by molar-refractivity contribution is 0.0663. The number of hydrogen-bond acceptors (Lipinski definition) is 3. The Morgan fingerprint density at radius 3 is 2.44 bits per heavy atom. The second-order valence-corrected chi connectivity index (χ2v) is 5.82. The molecule has 0 aliphatic heterocycles. The number of carboxylic acid groups (broad SMARTS) is 1. The lowest BCUT2D eigenvalue weighted by Crippen LogP contribution is -2.12. The summed E-state index contributed by atoms with van der Waals surface area (Å²) in [6.45, 7) is 3.81. The summed E-state index contributed by atoms with van der Waals surface area (Å²) in [4.78, 5) is 23.2. The number of furan rings is 1. The van der Waals surface area contributed by atoms with Crippen molar-refractivity contribution in [2.75, 3.05) is 5.32 Å². The number of benzene rings is 2. The van der Waals surface area contributed by atoms with E-state index in [-0.39, 0.29) is 11.7 Å². The Hall–Kier alpha value is -3.34. The van der Waals surface area contributed by atoms with Crippen LogP contribution in [0, 0.1) is 13.8 Å². The van der Waals surface area contributed by atoms with Crippen molar-refractivity contribution in [2.24, 2.45) is 0 Å². The molecule has 0 radical (unpaired) electrons. The Morgan fingerprint density at radius 2 is 1.80 bits per heavy atom. The molecule has 3 aromatic rings. The Morgan fingerprint density at radius 1 is 1.00 bits per heavy atom. The number of rotatable bonds is 4. The summed E-state index contributed by atoms with van der Waals surface area (Å²) in [5.74, 6) is -0.911. The smallest absolute Gasteiger partial charge is 0.371 e. The minimum absolute atomic E-state index is 0.105. The average molecular weight is 335 g/mol. The van der Waals surface area contributed by atoms with Gasteiger partial charge in [0.05, 0.1) is 0 Å². The molecular formula is C20H17NO4. The normalized spacial score (nSPS) is 10.5. The molecule has 1 amide bonds. The molecule has 0 unspecified atom stereocenters. The van der Waals surface area contributed by atoms with E-state index in [0.717, 1.165) is 16.7 Å². The summed E-state index contributed by atoms with van der Waals surface area (Å²) in [5, 5.41) is 11.8. The van der Waals surface area contributed by atoms with Crippen molar-refractivity contribution in [2.45, 2.75) is 13.8 Å². The van der Waals surface area contributed by atoms with Crippen molar-refractivity contribution in [3.05, 3.63) is 77.0 Å². The van der Waals surface area contributed by atoms with Crippen molar-refractivity contribution in [3.8, 4) is 11.3 Å². The number of aryl methyl sites for hydroxylation is 2. The molecule has 3 rings (SSSR count). The quantitative estimate of drug-likeness (QED) is 0.735. The molecule has 2 N–H and O–H groups in total. The first-order valence-corrected chi connectivity index (χ1v) is 7.76. The molecule has 0 aliphatic carbocycles. The molecule has 5 heteroatoms. The second-order valence-electron chi connectivity index (χ2n) is 5.82. The van der Waals surface area contributed by atoms with Crippen LogP contribution >= 0.6 is 0 Å². The molecule has 126 valence electrons. The standard InChI is InChI=1S/C20H17NO4/c1-12-4-3-5-14(10-12)19(22)21-15-6-7-16(13(2)11-15)17-8-9-18(25-17)20(23)24/h3-11H,1-2H3,(H,21,22)(H,23,24). The highest BCUT2D eigenvalue weighted by molar-refractivity contribution is 6.04. The van der Waals surface area contributed by atoms with Gasteiger partial charge in [-0.05, 0) is 61.9 Å². The molecule has 2 aromatic carbocycles. The molecule has 0 atom stereocenters. The molecule has 0 bridgehead atoms. The van der Waals surface area contributed by atoms with E-state index in [1.54, 1.807) is 24.3 Å². The fourth-order valence-corrected chi connectivity index (χ4v) is 2.61. The van der Waals surface area contributed by atoms with Gasteiger partial charge < -0.3 is 14.8 Å². The molecule has 0 saturated carbocycles. The monoisotopic (exact) mass is 335 g/mol. The van der Waals surface area contributed by atoms with E-state index in [1.807, 2.05) is 38.1 Å². The zero-order valence-electron chi connectivity index (χ0n) is 13.9. The molecule has 1 heterocycles. The molecule has 0 spiro atoms. The van der Waals surface area contributed by atoms with Crippen LogP contribution in [-0.2, 0) is 0 Å². The third-order valence-corrected chi connectivity index (χ3v) is 3.85.